The number of nitrogens with one attached hydrogen (secondary N) is 1. The molecule has 1 aliphatic rings. The molecule has 0 aliphatic heterocycles. The third-order valence-electron chi connectivity index (χ3n) is 3.13. The average molecular weight is 293 g/mol. The van der Waals surface area contributed by atoms with Crippen molar-refractivity contribution in [3.8, 4) is 0 Å². The van der Waals surface area contributed by atoms with Gasteiger partial charge in [-0.2, -0.15) is 0 Å². The first kappa shape index (κ1) is 15.2. The Bertz CT molecular complexity index is 448. The van der Waals surface area contributed by atoms with E-state index in [-0.39, 0.29) is 23.3 Å². The summed E-state index contributed by atoms with van der Waals surface area (Å²) < 4.78 is 13.2. The van der Waals surface area contributed by atoms with E-state index in [0.717, 1.165) is 12.8 Å². The van der Waals surface area contributed by atoms with Crippen molar-refractivity contribution >= 4 is 35.6 Å². The largest absolute Gasteiger partial charge is 0.324 e. The van der Waals surface area contributed by atoms with Gasteiger partial charge in [0.1, 0.15) is 5.82 Å². The topological polar surface area (TPSA) is 55.1 Å². The molecule has 0 aromatic heterocycles. The molecule has 3 nitrogen and oxygen atoms in total. The molecule has 3 N–H and O–H groups in total. The van der Waals surface area contributed by atoms with Gasteiger partial charge in [0.2, 0.25) is 5.91 Å². The fourth-order valence-electron chi connectivity index (χ4n) is 2.06. The van der Waals surface area contributed by atoms with E-state index in [0.29, 0.717) is 18.5 Å². The fourth-order valence-corrected chi connectivity index (χ4v) is 2.18. The summed E-state index contributed by atoms with van der Waals surface area (Å²) in [5.41, 5.74) is 5.56. The van der Waals surface area contributed by atoms with E-state index >= 15 is 0 Å². The van der Waals surface area contributed by atoms with Gasteiger partial charge in [-0.15, -0.1) is 12.4 Å². The highest BCUT2D eigenvalue weighted by Gasteiger charge is 2.36. The summed E-state index contributed by atoms with van der Waals surface area (Å²) in [6, 6.07) is 4.16. The van der Waals surface area contributed by atoms with Crippen molar-refractivity contribution in [3.63, 3.8) is 0 Å². The van der Waals surface area contributed by atoms with Crippen LogP contribution in [-0.4, -0.2) is 11.4 Å². The molecule has 0 bridgehead atoms. The summed E-state index contributed by atoms with van der Waals surface area (Å²) in [5.74, 6) is -0.807. The van der Waals surface area contributed by atoms with Gasteiger partial charge in [0.15, 0.2) is 0 Å². The standard InChI is InChI=1S/C12H14ClFN2O.ClH/c13-9-4-3-8(7-10(9)14)16-11(17)12(15)5-1-2-6-12;/h3-4,7H,1-2,5-6,15H2,(H,16,17);1H. The van der Waals surface area contributed by atoms with Gasteiger partial charge in [0.05, 0.1) is 10.6 Å². The molecule has 0 saturated heterocycles. The minimum atomic E-state index is -0.809. The minimum Gasteiger partial charge on any atom is -0.324 e. The molecule has 18 heavy (non-hydrogen) atoms. The van der Waals surface area contributed by atoms with E-state index in [2.05, 4.69) is 5.32 Å². The quantitative estimate of drug-likeness (QED) is 0.880. The molecule has 0 radical (unpaired) electrons. The molecule has 1 saturated carbocycles. The van der Waals surface area contributed by atoms with Crippen LogP contribution in [0.1, 0.15) is 25.7 Å². The van der Waals surface area contributed by atoms with Crippen LogP contribution in [0.5, 0.6) is 0 Å². The number of anilines is 1. The number of benzene rings is 1. The molecule has 1 aliphatic carbocycles. The zero-order valence-corrected chi connectivity index (χ0v) is 11.3. The van der Waals surface area contributed by atoms with Crippen LogP contribution in [0.25, 0.3) is 0 Å². The smallest absolute Gasteiger partial charge is 0.244 e. The summed E-state index contributed by atoms with van der Waals surface area (Å²) in [4.78, 5) is 11.9. The van der Waals surface area contributed by atoms with E-state index in [9.17, 15) is 9.18 Å². The monoisotopic (exact) mass is 292 g/mol. The summed E-state index contributed by atoms with van der Waals surface area (Å²) >= 11 is 5.56. The molecule has 2 rings (SSSR count). The highest BCUT2D eigenvalue weighted by Crippen LogP contribution is 2.28. The van der Waals surface area contributed by atoms with Crippen molar-refractivity contribution in [1.29, 1.82) is 0 Å². The molecular formula is C12H15Cl2FN2O. The maximum Gasteiger partial charge on any atom is 0.244 e. The fraction of sp³-hybridized carbons (Fsp3) is 0.417. The van der Waals surface area contributed by atoms with Crippen LogP contribution < -0.4 is 11.1 Å². The van der Waals surface area contributed by atoms with Gasteiger partial charge in [-0.3, -0.25) is 4.79 Å². The second kappa shape index (κ2) is 5.87. The maximum atomic E-state index is 13.2. The Kier molecular flexibility index (Phi) is 4.96. The van der Waals surface area contributed by atoms with Crippen LogP contribution in [-0.2, 0) is 4.79 Å². The molecule has 0 spiro atoms. The van der Waals surface area contributed by atoms with Crippen molar-refractivity contribution < 1.29 is 9.18 Å². The summed E-state index contributed by atoms with van der Waals surface area (Å²) in [6.07, 6.45) is 3.27. The van der Waals surface area contributed by atoms with E-state index < -0.39 is 11.4 Å². The van der Waals surface area contributed by atoms with Crippen LogP contribution in [0.3, 0.4) is 0 Å². The predicted octanol–water partition coefficient (Wildman–Crippen LogP) is 3.11. The highest BCUT2D eigenvalue weighted by molar-refractivity contribution is 6.30. The van der Waals surface area contributed by atoms with Crippen LogP contribution in [0.2, 0.25) is 5.02 Å². The molecule has 0 atom stereocenters. The maximum absolute atomic E-state index is 13.2. The lowest BCUT2D eigenvalue weighted by Crippen LogP contribution is -2.48. The number of rotatable bonds is 2. The Labute approximate surface area is 116 Å². The lowest BCUT2D eigenvalue weighted by molar-refractivity contribution is -0.121. The predicted molar refractivity (Wildman–Crippen MR) is 72.7 cm³/mol. The van der Waals surface area contributed by atoms with Gasteiger partial charge in [-0.1, -0.05) is 24.4 Å². The third kappa shape index (κ3) is 3.13. The molecular weight excluding hydrogens is 278 g/mol. The van der Waals surface area contributed by atoms with Gasteiger partial charge < -0.3 is 11.1 Å². The van der Waals surface area contributed by atoms with Gasteiger partial charge in [-0.25, -0.2) is 4.39 Å². The highest BCUT2D eigenvalue weighted by atomic mass is 35.5. The van der Waals surface area contributed by atoms with Crippen LogP contribution >= 0.6 is 24.0 Å². The van der Waals surface area contributed by atoms with E-state index in [1.807, 2.05) is 0 Å². The van der Waals surface area contributed by atoms with Gasteiger partial charge in [0, 0.05) is 5.69 Å². The number of amides is 1. The normalized spacial score (nSPS) is 17.1. The second-order valence-corrected chi connectivity index (χ2v) is 4.85. The lowest BCUT2D eigenvalue weighted by atomic mass is 9.98. The number of carbonyl (C=O) groups is 1. The van der Waals surface area contributed by atoms with Crippen molar-refractivity contribution in [3.05, 3.63) is 29.0 Å². The molecule has 1 fully saturated rings. The number of hydrogen-bond donors (Lipinski definition) is 2. The molecule has 1 aromatic carbocycles. The van der Waals surface area contributed by atoms with Crippen molar-refractivity contribution in [2.45, 2.75) is 31.2 Å². The van der Waals surface area contributed by atoms with E-state index in [4.69, 9.17) is 17.3 Å². The van der Waals surface area contributed by atoms with Crippen LogP contribution in [0, 0.1) is 5.82 Å². The Morgan fingerprint density at radius 3 is 2.56 bits per heavy atom. The van der Waals surface area contributed by atoms with Gasteiger partial charge in [-0.05, 0) is 31.0 Å². The van der Waals surface area contributed by atoms with Crippen molar-refractivity contribution in [1.82, 2.24) is 0 Å². The average Bonchev–Trinajstić information content (AvgIpc) is 2.72. The first-order valence-electron chi connectivity index (χ1n) is 5.57. The van der Waals surface area contributed by atoms with Gasteiger partial charge in [0.25, 0.3) is 0 Å². The molecule has 6 heteroatoms. The molecule has 100 valence electrons. The van der Waals surface area contributed by atoms with Crippen LogP contribution in [0.4, 0.5) is 10.1 Å². The summed E-state index contributed by atoms with van der Waals surface area (Å²) in [6.45, 7) is 0. The summed E-state index contributed by atoms with van der Waals surface area (Å²) in [5, 5.41) is 2.66. The van der Waals surface area contributed by atoms with Gasteiger partial charge >= 0.3 is 0 Å². The Balaban J connectivity index is 0.00000162. The molecule has 0 unspecified atom stereocenters. The Morgan fingerprint density at radius 2 is 2.00 bits per heavy atom. The van der Waals surface area contributed by atoms with E-state index in [1.54, 1.807) is 6.07 Å². The SMILES string of the molecule is Cl.NC1(C(=O)Nc2ccc(Cl)c(F)c2)CCCC1. The van der Waals surface area contributed by atoms with Crippen molar-refractivity contribution in [2.75, 3.05) is 5.32 Å². The van der Waals surface area contributed by atoms with Crippen LogP contribution in [0.15, 0.2) is 18.2 Å². The molecule has 1 aromatic rings. The zero-order chi connectivity index (χ0) is 12.5. The first-order valence-corrected chi connectivity index (χ1v) is 5.94. The zero-order valence-electron chi connectivity index (χ0n) is 9.71. The number of carbonyl (C=O) groups excluding carboxylic acids is 1. The minimum absolute atomic E-state index is 0. The Morgan fingerprint density at radius 1 is 1.39 bits per heavy atom. The van der Waals surface area contributed by atoms with Crippen molar-refractivity contribution in [2.24, 2.45) is 5.73 Å². The molecule has 1 amide bonds. The Hall–Kier alpha value is -0.840. The first-order chi connectivity index (χ1) is 8.01. The number of halogens is 3. The third-order valence-corrected chi connectivity index (χ3v) is 3.43. The number of nitrogens with two attached hydrogens (primary N) is 1. The lowest BCUT2D eigenvalue weighted by Gasteiger charge is -2.22. The second-order valence-electron chi connectivity index (χ2n) is 4.45. The summed E-state index contributed by atoms with van der Waals surface area (Å²) in [7, 11) is 0. The molecule has 0 heterocycles. The number of hydrogen-bond acceptors (Lipinski definition) is 2. The van der Waals surface area contributed by atoms with E-state index in [1.165, 1.54) is 12.1 Å².